The van der Waals surface area contributed by atoms with Gasteiger partial charge in [-0.1, -0.05) is 28.6 Å². The van der Waals surface area contributed by atoms with Crippen LogP contribution in [0.4, 0.5) is 28.4 Å². The molecule has 1 unspecified atom stereocenters. The van der Waals surface area contributed by atoms with E-state index >= 15 is 0 Å². The average molecular weight is 424 g/mol. The average Bonchev–Trinajstić information content (AvgIpc) is 3.16. The smallest absolute Gasteiger partial charge is 0.329 e. The van der Waals surface area contributed by atoms with Gasteiger partial charge in [-0.05, 0) is 29.6 Å². The summed E-state index contributed by atoms with van der Waals surface area (Å²) >= 11 is 1.18. The second-order valence-corrected chi connectivity index (χ2v) is 6.89. The summed E-state index contributed by atoms with van der Waals surface area (Å²) in [5, 5.41) is 4.71. The van der Waals surface area contributed by atoms with E-state index in [1.165, 1.54) is 18.4 Å². The second kappa shape index (κ2) is 8.38. The molecule has 0 aliphatic rings. The van der Waals surface area contributed by atoms with Crippen molar-refractivity contribution in [2.45, 2.75) is 12.3 Å². The number of aromatic nitrogens is 1. The minimum Gasteiger partial charge on any atom is -0.497 e. The number of halogens is 4. The molecular formula is C18H14F4N5OS+. The first-order valence-electron chi connectivity index (χ1n) is 8.17. The molecule has 1 aromatic heterocycles. The first-order valence-corrected chi connectivity index (χ1v) is 9.05. The minimum absolute atomic E-state index is 0.357. The number of thiazole rings is 1. The normalized spacial score (nSPS) is 11.8. The van der Waals surface area contributed by atoms with Crippen LogP contribution in [0.1, 0.15) is 22.7 Å². The highest BCUT2D eigenvalue weighted by Crippen LogP contribution is 2.35. The standard InChI is InChI=1S/C18H13F4N5OS/c1-28-9-4-2-8(3-5-9)10(12-7-29-18(23)25-12)6-11-13(19)15(21)17(26-27-24)16(22)14(11)20/h2-5,7,10H,6H2,1H3,(H2,23,25)/p+1. The van der Waals surface area contributed by atoms with Gasteiger partial charge in [0, 0.05) is 15.9 Å². The molecule has 29 heavy (non-hydrogen) atoms. The lowest BCUT2D eigenvalue weighted by Gasteiger charge is -2.17. The molecule has 1 atom stereocenters. The van der Waals surface area contributed by atoms with Gasteiger partial charge in [0.05, 0.1) is 13.0 Å². The maximum absolute atomic E-state index is 14.5. The van der Waals surface area contributed by atoms with E-state index in [9.17, 15) is 17.6 Å². The minimum atomic E-state index is -1.75. The zero-order valence-corrected chi connectivity index (χ0v) is 15.7. The molecule has 2 aromatic carbocycles. The van der Waals surface area contributed by atoms with Crippen molar-refractivity contribution in [3.05, 3.63) is 80.2 Å². The largest absolute Gasteiger partial charge is 0.497 e. The van der Waals surface area contributed by atoms with E-state index in [0.717, 1.165) is 0 Å². The van der Waals surface area contributed by atoms with Crippen LogP contribution in [0.15, 0.2) is 34.8 Å². The van der Waals surface area contributed by atoms with Crippen molar-refractivity contribution in [3.8, 4) is 5.75 Å². The summed E-state index contributed by atoms with van der Waals surface area (Å²) in [6, 6.07) is 6.64. The number of hydrogen-bond donors (Lipinski definition) is 1. The molecule has 11 heteroatoms. The van der Waals surface area contributed by atoms with E-state index in [4.69, 9.17) is 16.0 Å². The van der Waals surface area contributed by atoms with Gasteiger partial charge in [0.2, 0.25) is 0 Å². The van der Waals surface area contributed by atoms with Crippen LogP contribution in [-0.2, 0) is 6.42 Å². The van der Waals surface area contributed by atoms with Crippen LogP contribution in [0.2, 0.25) is 0 Å². The van der Waals surface area contributed by atoms with E-state index in [-0.39, 0.29) is 0 Å². The Bertz CT molecular complexity index is 1070. The van der Waals surface area contributed by atoms with Crippen molar-refractivity contribution in [3.63, 3.8) is 0 Å². The Morgan fingerprint density at radius 1 is 1.14 bits per heavy atom. The number of nitrogens with one attached hydrogen (secondary N) is 1. The van der Waals surface area contributed by atoms with Gasteiger partial charge in [-0.2, -0.15) is 0 Å². The molecule has 0 fully saturated rings. The van der Waals surface area contributed by atoms with Gasteiger partial charge in [0.15, 0.2) is 23.3 Å². The van der Waals surface area contributed by atoms with Gasteiger partial charge in [-0.3, -0.25) is 5.73 Å². The fraction of sp³-hybridized carbons (Fsp3) is 0.167. The molecule has 0 saturated heterocycles. The third-order valence-electron chi connectivity index (χ3n) is 4.36. The molecule has 3 aromatic rings. The van der Waals surface area contributed by atoms with Crippen LogP contribution < -0.4 is 15.5 Å². The van der Waals surface area contributed by atoms with E-state index in [2.05, 4.69) is 15.0 Å². The number of benzene rings is 2. The summed E-state index contributed by atoms with van der Waals surface area (Å²) in [5.74, 6) is -6.86. The Kier molecular flexibility index (Phi) is 5.90. The predicted octanol–water partition coefficient (Wildman–Crippen LogP) is 5.03. The fourth-order valence-corrected chi connectivity index (χ4v) is 3.58. The lowest BCUT2D eigenvalue weighted by Crippen LogP contribution is -2.18. The number of nitrogens with zero attached hydrogens (tertiary/aromatic N) is 3. The van der Waals surface area contributed by atoms with Gasteiger partial charge < -0.3 is 4.74 Å². The first kappa shape index (κ1) is 20.4. The number of nitrogens with two attached hydrogens (primary N) is 1. The molecule has 3 rings (SSSR count). The Morgan fingerprint density at radius 2 is 1.76 bits per heavy atom. The van der Waals surface area contributed by atoms with Crippen LogP contribution in [0, 0.1) is 23.3 Å². The molecule has 150 valence electrons. The molecule has 0 radical (unpaired) electrons. The zero-order valence-electron chi connectivity index (χ0n) is 14.9. The van der Waals surface area contributed by atoms with Gasteiger partial charge in [0.1, 0.15) is 17.1 Å². The number of hydrogen-bond acceptors (Lipinski definition) is 4. The number of H-pyrrole nitrogens is 1. The molecule has 0 aliphatic carbocycles. The number of ether oxygens (including phenoxy) is 1. The van der Waals surface area contributed by atoms with E-state index in [1.807, 2.05) is 0 Å². The van der Waals surface area contributed by atoms with Crippen molar-refractivity contribution >= 4 is 22.2 Å². The molecule has 1 heterocycles. The van der Waals surface area contributed by atoms with E-state index in [1.54, 1.807) is 29.6 Å². The summed E-state index contributed by atoms with van der Waals surface area (Å²) in [6.07, 6.45) is -0.416. The molecule has 0 saturated carbocycles. The fourth-order valence-electron chi connectivity index (χ4n) is 2.92. The summed E-state index contributed by atoms with van der Waals surface area (Å²) in [4.78, 5) is 5.09. The van der Waals surface area contributed by atoms with Crippen molar-refractivity contribution < 1.29 is 27.3 Å². The van der Waals surface area contributed by atoms with Crippen molar-refractivity contribution in [2.24, 2.45) is 5.11 Å². The Morgan fingerprint density at radius 3 is 2.24 bits per heavy atom. The van der Waals surface area contributed by atoms with Gasteiger partial charge in [-0.15, -0.1) is 0 Å². The zero-order chi connectivity index (χ0) is 21.1. The van der Waals surface area contributed by atoms with E-state index in [0.29, 0.717) is 22.1 Å². The lowest BCUT2D eigenvalue weighted by molar-refractivity contribution is -0.368. The summed E-state index contributed by atoms with van der Waals surface area (Å²) in [7, 11) is 1.49. The summed E-state index contributed by atoms with van der Waals surface area (Å²) in [6.45, 7) is 0. The van der Waals surface area contributed by atoms with Crippen LogP contribution in [-0.4, -0.2) is 7.11 Å². The maximum atomic E-state index is 14.5. The molecular weight excluding hydrogens is 410 g/mol. The topological polar surface area (TPSA) is 98.1 Å². The first-order chi connectivity index (χ1) is 13.9. The van der Waals surface area contributed by atoms with Gasteiger partial charge in [-0.25, -0.2) is 22.5 Å². The summed E-state index contributed by atoms with van der Waals surface area (Å²) in [5.41, 5.74) is 13.0. The van der Waals surface area contributed by atoms with Crippen LogP contribution in [0.3, 0.4) is 0 Å². The number of aromatic amines is 1. The Balaban J connectivity index is 2.12. The predicted molar refractivity (Wildman–Crippen MR) is 98.9 cm³/mol. The van der Waals surface area contributed by atoms with Gasteiger partial charge in [0.25, 0.3) is 0 Å². The molecule has 0 spiro atoms. The Labute approximate surface area is 166 Å². The van der Waals surface area contributed by atoms with Crippen LogP contribution >= 0.6 is 11.3 Å². The third kappa shape index (κ3) is 3.96. The SMILES string of the molecule is COc1ccc(C(Cc2c(F)c(F)c(N=[N+]=[N-])c(F)c2F)c2csc(N)[nH+]2)cc1. The quantitative estimate of drug-likeness (QED) is 0.197. The molecule has 6 nitrogen and oxygen atoms in total. The highest BCUT2D eigenvalue weighted by Gasteiger charge is 2.29. The number of azide groups is 1. The molecule has 0 bridgehead atoms. The van der Waals surface area contributed by atoms with Crippen molar-refractivity contribution in [1.29, 1.82) is 0 Å². The highest BCUT2D eigenvalue weighted by molar-refractivity contribution is 7.13. The lowest BCUT2D eigenvalue weighted by atomic mass is 9.89. The van der Waals surface area contributed by atoms with Gasteiger partial charge >= 0.3 is 5.13 Å². The molecule has 0 amide bonds. The monoisotopic (exact) mass is 424 g/mol. The molecule has 3 N–H and O–H groups in total. The molecule has 0 aliphatic heterocycles. The number of methoxy groups -OCH3 is 1. The number of anilines is 1. The summed E-state index contributed by atoms with van der Waals surface area (Å²) < 4.78 is 62.5. The number of nitrogen functional groups attached to an aromatic ring is 1. The second-order valence-electron chi connectivity index (χ2n) is 5.98. The Hall–Kier alpha value is -3.30. The van der Waals surface area contributed by atoms with E-state index < -0.39 is 46.9 Å². The maximum Gasteiger partial charge on any atom is 0.329 e. The van der Waals surface area contributed by atoms with Crippen molar-refractivity contribution in [1.82, 2.24) is 0 Å². The van der Waals surface area contributed by atoms with Crippen LogP contribution in [0.25, 0.3) is 10.4 Å². The van der Waals surface area contributed by atoms with Crippen LogP contribution in [0.5, 0.6) is 5.75 Å². The highest BCUT2D eigenvalue weighted by atomic mass is 32.1. The van der Waals surface area contributed by atoms with Crippen molar-refractivity contribution in [2.75, 3.05) is 12.8 Å². The number of rotatable bonds is 6. The third-order valence-corrected chi connectivity index (χ3v) is 5.09.